The summed E-state index contributed by atoms with van der Waals surface area (Å²) in [7, 11) is 0. The van der Waals surface area contributed by atoms with Crippen LogP contribution in [0.3, 0.4) is 0 Å². The van der Waals surface area contributed by atoms with Crippen LogP contribution in [0.1, 0.15) is 44.1 Å². The predicted octanol–water partition coefficient (Wildman–Crippen LogP) is 3.61. The molecule has 1 unspecified atom stereocenters. The molecular formula is C17H28N2O2S. The number of hydrogen-bond acceptors (Lipinski definition) is 3. The van der Waals surface area contributed by atoms with E-state index in [1.807, 2.05) is 32.6 Å². The number of nitrogens with zero attached hydrogens (tertiary/aromatic N) is 2. The van der Waals surface area contributed by atoms with Crippen molar-refractivity contribution in [3.05, 3.63) is 29.1 Å². The molecule has 0 N–H and O–H groups in total. The third kappa shape index (κ3) is 5.20. The predicted molar refractivity (Wildman–Crippen MR) is 93.7 cm³/mol. The second-order valence-corrected chi connectivity index (χ2v) is 6.99. The third-order valence-electron chi connectivity index (χ3n) is 3.84. The second-order valence-electron chi connectivity index (χ2n) is 6.99. The molecule has 0 bridgehead atoms. The molecule has 1 aliphatic rings. The van der Waals surface area contributed by atoms with Crippen LogP contribution in [-0.4, -0.2) is 34.7 Å². The van der Waals surface area contributed by atoms with Gasteiger partial charge in [0.05, 0.1) is 0 Å². The van der Waals surface area contributed by atoms with Gasteiger partial charge >= 0.3 is 6.09 Å². The molecule has 4 nitrogen and oxygen atoms in total. The summed E-state index contributed by atoms with van der Waals surface area (Å²) in [5, 5.41) is 0. The summed E-state index contributed by atoms with van der Waals surface area (Å²) in [6.07, 6.45) is 1.76. The molecule has 22 heavy (non-hydrogen) atoms. The van der Waals surface area contributed by atoms with E-state index in [0.717, 1.165) is 37.3 Å². The highest BCUT2D eigenvalue weighted by atomic mass is 32.1. The topological polar surface area (TPSA) is 42.4 Å². The Morgan fingerprint density at radius 2 is 2.05 bits per heavy atom. The number of aryl methyl sites for hydroxylation is 2. The highest BCUT2D eigenvalue weighted by molar-refractivity contribution is 7.59. The summed E-state index contributed by atoms with van der Waals surface area (Å²) in [6, 6.07) is 4.22. The average Bonchev–Trinajstić information content (AvgIpc) is 2.80. The lowest BCUT2D eigenvalue weighted by atomic mass is 10.0. The molecule has 1 saturated heterocycles. The Labute approximate surface area is 140 Å². The zero-order valence-electron chi connectivity index (χ0n) is 14.3. The number of rotatable bonds is 2. The summed E-state index contributed by atoms with van der Waals surface area (Å²) >= 11 is 0. The van der Waals surface area contributed by atoms with Crippen LogP contribution in [0.4, 0.5) is 4.79 Å². The number of hydrogen-bond donors (Lipinski definition) is 0. The number of likely N-dealkylation sites (tertiary alicyclic amines) is 1. The van der Waals surface area contributed by atoms with Crippen LogP contribution >= 0.6 is 13.5 Å². The number of ether oxygens (including phenoxy) is 1. The van der Waals surface area contributed by atoms with Gasteiger partial charge in [-0.3, -0.25) is 4.98 Å². The SMILES string of the molecule is Cc1ccc(CC2CCN(C(=O)OC(C)(C)C)C2)nc1C.S. The molecule has 1 amide bonds. The van der Waals surface area contributed by atoms with E-state index < -0.39 is 5.60 Å². The van der Waals surface area contributed by atoms with E-state index in [1.54, 1.807) is 0 Å². The first kappa shape index (κ1) is 18.8. The molecular weight excluding hydrogens is 296 g/mol. The summed E-state index contributed by atoms with van der Waals surface area (Å²) < 4.78 is 5.43. The van der Waals surface area contributed by atoms with E-state index in [2.05, 4.69) is 24.0 Å². The number of carbonyl (C=O) groups excluding carboxylic acids is 1. The van der Waals surface area contributed by atoms with Gasteiger partial charge in [-0.05, 0) is 65.0 Å². The molecule has 0 aliphatic carbocycles. The molecule has 0 radical (unpaired) electrons. The van der Waals surface area contributed by atoms with Gasteiger partial charge in [0.15, 0.2) is 0 Å². The van der Waals surface area contributed by atoms with Crippen LogP contribution in [0, 0.1) is 19.8 Å². The highest BCUT2D eigenvalue weighted by Crippen LogP contribution is 2.22. The van der Waals surface area contributed by atoms with Crippen molar-refractivity contribution in [1.82, 2.24) is 9.88 Å². The summed E-state index contributed by atoms with van der Waals surface area (Å²) in [4.78, 5) is 18.5. The van der Waals surface area contributed by atoms with E-state index in [0.29, 0.717) is 5.92 Å². The van der Waals surface area contributed by atoms with E-state index >= 15 is 0 Å². The normalized spacial score (nSPS) is 18.0. The first-order valence-electron chi connectivity index (χ1n) is 7.65. The van der Waals surface area contributed by atoms with Crippen LogP contribution in [0.2, 0.25) is 0 Å². The zero-order chi connectivity index (χ0) is 15.6. The van der Waals surface area contributed by atoms with E-state index in [1.165, 1.54) is 5.56 Å². The highest BCUT2D eigenvalue weighted by Gasteiger charge is 2.29. The Morgan fingerprint density at radius 1 is 1.36 bits per heavy atom. The number of aromatic nitrogens is 1. The number of carbonyl (C=O) groups is 1. The van der Waals surface area contributed by atoms with Crippen LogP contribution < -0.4 is 0 Å². The second kappa shape index (κ2) is 7.36. The van der Waals surface area contributed by atoms with Crippen molar-refractivity contribution in [3.8, 4) is 0 Å². The third-order valence-corrected chi connectivity index (χ3v) is 3.84. The molecule has 1 atom stereocenters. The maximum atomic E-state index is 12.0. The number of pyridine rings is 1. The maximum Gasteiger partial charge on any atom is 0.410 e. The van der Waals surface area contributed by atoms with Crippen molar-refractivity contribution in [2.75, 3.05) is 13.1 Å². The van der Waals surface area contributed by atoms with Gasteiger partial charge in [0.25, 0.3) is 0 Å². The lowest BCUT2D eigenvalue weighted by molar-refractivity contribution is 0.0288. The molecule has 5 heteroatoms. The van der Waals surface area contributed by atoms with Crippen molar-refractivity contribution >= 4 is 19.6 Å². The van der Waals surface area contributed by atoms with Gasteiger partial charge in [-0.15, -0.1) is 0 Å². The fourth-order valence-electron chi connectivity index (χ4n) is 2.58. The Balaban J connectivity index is 0.00000242. The largest absolute Gasteiger partial charge is 0.444 e. The van der Waals surface area contributed by atoms with E-state index in [4.69, 9.17) is 4.74 Å². The fraction of sp³-hybridized carbons (Fsp3) is 0.647. The van der Waals surface area contributed by atoms with Gasteiger partial charge in [-0.2, -0.15) is 13.5 Å². The Bertz CT molecular complexity index is 526. The van der Waals surface area contributed by atoms with Crippen LogP contribution in [0.5, 0.6) is 0 Å². The van der Waals surface area contributed by atoms with Gasteiger partial charge in [0.1, 0.15) is 5.60 Å². The smallest absolute Gasteiger partial charge is 0.410 e. The molecule has 1 fully saturated rings. The molecule has 1 aromatic rings. The quantitative estimate of drug-likeness (QED) is 0.834. The van der Waals surface area contributed by atoms with Gasteiger partial charge in [0.2, 0.25) is 0 Å². The monoisotopic (exact) mass is 324 g/mol. The minimum Gasteiger partial charge on any atom is -0.444 e. The molecule has 124 valence electrons. The molecule has 2 rings (SSSR count). The van der Waals surface area contributed by atoms with Gasteiger partial charge in [-0.25, -0.2) is 4.79 Å². The fourth-order valence-corrected chi connectivity index (χ4v) is 2.58. The minimum atomic E-state index is -0.426. The molecule has 1 aliphatic heterocycles. The Kier molecular flexibility index (Phi) is 6.29. The van der Waals surface area contributed by atoms with E-state index in [-0.39, 0.29) is 19.6 Å². The first-order valence-corrected chi connectivity index (χ1v) is 7.65. The van der Waals surface area contributed by atoms with Gasteiger partial charge in [0, 0.05) is 24.5 Å². The number of amides is 1. The summed E-state index contributed by atoms with van der Waals surface area (Å²) in [6.45, 7) is 11.4. The maximum absolute atomic E-state index is 12.0. The Hall–Kier alpha value is -1.23. The Morgan fingerprint density at radius 3 is 2.64 bits per heavy atom. The lowest BCUT2D eigenvalue weighted by Crippen LogP contribution is -2.35. The average molecular weight is 324 g/mol. The van der Waals surface area contributed by atoms with Crippen LogP contribution in [0.25, 0.3) is 0 Å². The van der Waals surface area contributed by atoms with Crippen LogP contribution in [0.15, 0.2) is 12.1 Å². The van der Waals surface area contributed by atoms with Crippen molar-refractivity contribution < 1.29 is 9.53 Å². The first-order chi connectivity index (χ1) is 9.74. The standard InChI is InChI=1S/C17H26N2O2.H2S/c1-12-6-7-15(18-13(12)2)10-14-8-9-19(11-14)16(20)21-17(3,4)5;/h6-7,14H,8-11H2,1-5H3;1H2. The van der Waals surface area contributed by atoms with E-state index in [9.17, 15) is 4.79 Å². The van der Waals surface area contributed by atoms with Crippen LogP contribution in [-0.2, 0) is 11.2 Å². The molecule has 0 spiro atoms. The van der Waals surface area contributed by atoms with Gasteiger partial charge < -0.3 is 9.64 Å². The molecule has 2 heterocycles. The molecule has 1 aromatic heterocycles. The van der Waals surface area contributed by atoms with Crippen molar-refractivity contribution in [2.45, 2.75) is 53.1 Å². The lowest BCUT2D eigenvalue weighted by Gasteiger charge is -2.24. The minimum absolute atomic E-state index is 0. The molecule has 0 aromatic carbocycles. The summed E-state index contributed by atoms with van der Waals surface area (Å²) in [5.41, 5.74) is 3.01. The van der Waals surface area contributed by atoms with Crippen molar-refractivity contribution in [2.24, 2.45) is 5.92 Å². The van der Waals surface area contributed by atoms with Crippen molar-refractivity contribution in [3.63, 3.8) is 0 Å². The molecule has 0 saturated carbocycles. The van der Waals surface area contributed by atoms with Gasteiger partial charge in [-0.1, -0.05) is 6.07 Å². The van der Waals surface area contributed by atoms with Crippen molar-refractivity contribution in [1.29, 1.82) is 0 Å². The zero-order valence-corrected chi connectivity index (χ0v) is 15.3. The summed E-state index contributed by atoms with van der Waals surface area (Å²) in [5.74, 6) is 0.479.